The summed E-state index contributed by atoms with van der Waals surface area (Å²) in [5.41, 5.74) is 5.38. The zero-order valence-electron chi connectivity index (χ0n) is 25.5. The Kier molecular flexibility index (Phi) is 10.7. The first-order chi connectivity index (χ1) is 21.5. The van der Waals surface area contributed by atoms with Gasteiger partial charge in [-0.05, 0) is 50.5 Å². The summed E-state index contributed by atoms with van der Waals surface area (Å²) in [4.78, 5) is 63.7. The van der Waals surface area contributed by atoms with Gasteiger partial charge in [-0.1, -0.05) is 26.0 Å². The summed E-state index contributed by atoms with van der Waals surface area (Å²) in [5.74, 6) is -2.90. The highest BCUT2D eigenvalue weighted by molar-refractivity contribution is 5.92. The van der Waals surface area contributed by atoms with Crippen molar-refractivity contribution in [3.8, 4) is 11.5 Å². The van der Waals surface area contributed by atoms with Gasteiger partial charge in [0.15, 0.2) is 16.6 Å². The number of hydrogen-bond donors (Lipinski definition) is 1. The minimum absolute atomic E-state index is 0.0770. The highest BCUT2D eigenvalue weighted by Crippen LogP contribution is 2.27. The van der Waals surface area contributed by atoms with Gasteiger partial charge in [0.1, 0.15) is 46.7 Å². The monoisotopic (exact) mass is 621 g/mol. The molecule has 0 amide bonds. The molecule has 0 fully saturated rings. The van der Waals surface area contributed by atoms with E-state index in [0.717, 1.165) is 12.1 Å². The molecule has 45 heavy (non-hydrogen) atoms. The average Bonchev–Trinajstić information content (AvgIpc) is 3.00. The number of ether oxygens (including phenoxy) is 4. The highest BCUT2D eigenvalue weighted by atomic mass is 16.5. The predicted molar refractivity (Wildman–Crippen MR) is 164 cm³/mol. The van der Waals surface area contributed by atoms with Gasteiger partial charge in [0.05, 0.1) is 25.2 Å². The summed E-state index contributed by atoms with van der Waals surface area (Å²) < 4.78 is 33.0. The van der Waals surface area contributed by atoms with Crippen LogP contribution in [0.2, 0.25) is 0 Å². The Morgan fingerprint density at radius 1 is 0.756 bits per heavy atom. The third-order valence-corrected chi connectivity index (χ3v) is 6.76. The van der Waals surface area contributed by atoms with E-state index in [2.05, 4.69) is 0 Å². The van der Waals surface area contributed by atoms with Crippen molar-refractivity contribution in [1.29, 1.82) is 0 Å². The number of fused-ring (bicyclic) bond motifs is 2. The van der Waals surface area contributed by atoms with Crippen LogP contribution in [0.1, 0.15) is 55.2 Å². The molecule has 0 bridgehead atoms. The van der Waals surface area contributed by atoms with Crippen molar-refractivity contribution >= 4 is 39.7 Å². The van der Waals surface area contributed by atoms with Crippen LogP contribution in [0.15, 0.2) is 67.0 Å². The minimum Gasteiger partial charge on any atom is -0.492 e. The second kappa shape index (κ2) is 14.7. The molecular weight excluding hydrogens is 586 g/mol. The zero-order chi connectivity index (χ0) is 32.7. The lowest BCUT2D eigenvalue weighted by Crippen LogP contribution is -2.41. The molecule has 0 saturated carbocycles. The van der Waals surface area contributed by atoms with Gasteiger partial charge >= 0.3 is 11.9 Å². The van der Waals surface area contributed by atoms with E-state index in [9.17, 15) is 24.0 Å². The molecule has 0 aliphatic rings. The maximum absolute atomic E-state index is 13.5. The van der Waals surface area contributed by atoms with Crippen molar-refractivity contribution in [2.24, 2.45) is 17.6 Å². The highest BCUT2D eigenvalue weighted by Gasteiger charge is 2.28. The number of ketones is 1. The number of benzene rings is 2. The number of carbonyl (C=O) groups is 3. The van der Waals surface area contributed by atoms with Gasteiger partial charge in [0.2, 0.25) is 11.5 Å². The normalized spacial score (nSPS) is 12.0. The van der Waals surface area contributed by atoms with Gasteiger partial charge < -0.3 is 33.5 Å². The van der Waals surface area contributed by atoms with Crippen LogP contribution in [0, 0.1) is 11.8 Å². The van der Waals surface area contributed by atoms with Crippen molar-refractivity contribution in [2.45, 2.75) is 40.2 Å². The maximum Gasteiger partial charge on any atom is 0.374 e. The number of Topliss-reactive ketones (excluding diaryl/α,β-unsaturated/α-hetero) is 1. The third kappa shape index (κ3) is 7.76. The number of rotatable bonds is 14. The summed E-state index contributed by atoms with van der Waals surface area (Å²) >= 11 is 0. The van der Waals surface area contributed by atoms with E-state index in [1.54, 1.807) is 26.0 Å². The molecule has 1 atom stereocenters. The van der Waals surface area contributed by atoms with Crippen LogP contribution in [0.4, 0.5) is 0 Å². The topological polar surface area (TPSA) is 175 Å². The van der Waals surface area contributed by atoms with E-state index in [1.165, 1.54) is 24.3 Å². The Labute approximate surface area is 258 Å². The van der Waals surface area contributed by atoms with Crippen molar-refractivity contribution in [1.82, 2.24) is 0 Å². The van der Waals surface area contributed by atoms with E-state index in [4.69, 9.17) is 33.5 Å². The summed E-state index contributed by atoms with van der Waals surface area (Å²) in [5, 5.41) is 0.154. The molecular formula is C33H35NO11. The summed E-state index contributed by atoms with van der Waals surface area (Å²) in [6.07, 6.45) is 0.415. The molecule has 0 unspecified atom stereocenters. The zero-order valence-corrected chi connectivity index (χ0v) is 25.5. The maximum atomic E-state index is 13.5. The molecule has 0 saturated heterocycles. The quantitative estimate of drug-likeness (QED) is 0.198. The SMILES string of the molecule is CCOC(=O)c1cc(=O)c2c(OCC(COc3cccc4oc(C(=O)OCC)cc(=O)c34)C(=O)[C@@H](N)CC(C)C)cccc2o1. The standard InChI is InChI=1S/C33H35NO11/c1-5-40-32(38)27-14-21(35)29-23(9-7-11-25(29)44-27)42-16-19(31(37)20(34)13-18(3)4)17-43-24-10-8-12-26-30(24)22(36)15-28(45-26)33(39)41-6-2/h7-12,14-15,18-20H,5-6,13,16-17,34H2,1-4H3/t20-/m0/s1. The molecule has 4 rings (SSSR count). The van der Waals surface area contributed by atoms with Crippen LogP contribution in [-0.4, -0.2) is 50.2 Å². The fourth-order valence-corrected chi connectivity index (χ4v) is 4.72. The van der Waals surface area contributed by atoms with E-state index in [-0.39, 0.29) is 83.1 Å². The van der Waals surface area contributed by atoms with E-state index in [0.29, 0.717) is 6.42 Å². The summed E-state index contributed by atoms with van der Waals surface area (Å²) in [6.45, 7) is 6.91. The second-order valence-electron chi connectivity index (χ2n) is 10.6. The first kappa shape index (κ1) is 32.9. The predicted octanol–water partition coefficient (Wildman–Crippen LogP) is 4.27. The number of carbonyl (C=O) groups excluding carboxylic acids is 3. The van der Waals surface area contributed by atoms with Gasteiger partial charge in [-0.3, -0.25) is 14.4 Å². The van der Waals surface area contributed by atoms with E-state index < -0.39 is 34.8 Å². The van der Waals surface area contributed by atoms with Crippen LogP contribution in [0.5, 0.6) is 11.5 Å². The van der Waals surface area contributed by atoms with Gasteiger partial charge in [-0.15, -0.1) is 0 Å². The van der Waals surface area contributed by atoms with Crippen molar-refractivity contribution in [2.75, 3.05) is 26.4 Å². The van der Waals surface area contributed by atoms with Crippen LogP contribution in [-0.2, 0) is 14.3 Å². The fraction of sp³-hybridized carbons (Fsp3) is 0.364. The fourth-order valence-electron chi connectivity index (χ4n) is 4.72. The molecule has 4 aromatic rings. The molecule has 2 aromatic heterocycles. The molecule has 238 valence electrons. The molecule has 0 radical (unpaired) electrons. The van der Waals surface area contributed by atoms with Crippen molar-refractivity contribution < 1.29 is 42.2 Å². The number of hydrogen-bond acceptors (Lipinski definition) is 12. The Bertz CT molecular complexity index is 1700. The van der Waals surface area contributed by atoms with Gasteiger partial charge in [0, 0.05) is 12.1 Å². The second-order valence-corrected chi connectivity index (χ2v) is 10.6. The molecule has 0 aliphatic carbocycles. The smallest absolute Gasteiger partial charge is 0.374 e. The summed E-state index contributed by atoms with van der Waals surface area (Å²) in [7, 11) is 0. The van der Waals surface area contributed by atoms with Gasteiger partial charge in [-0.2, -0.15) is 0 Å². The molecule has 12 nitrogen and oxygen atoms in total. The van der Waals surface area contributed by atoms with Crippen LogP contribution in [0.25, 0.3) is 21.9 Å². The van der Waals surface area contributed by atoms with Crippen molar-refractivity contribution in [3.63, 3.8) is 0 Å². The summed E-state index contributed by atoms with van der Waals surface area (Å²) in [6, 6.07) is 10.5. The number of esters is 2. The third-order valence-electron chi connectivity index (χ3n) is 6.76. The number of nitrogens with two attached hydrogens (primary N) is 1. The Balaban J connectivity index is 1.62. The Hall–Kier alpha value is -4.97. The minimum atomic E-state index is -0.916. The van der Waals surface area contributed by atoms with Crippen LogP contribution in [0.3, 0.4) is 0 Å². The molecule has 2 aromatic carbocycles. The molecule has 0 aliphatic heterocycles. The van der Waals surface area contributed by atoms with Crippen LogP contribution >= 0.6 is 0 Å². The Morgan fingerprint density at radius 3 is 1.60 bits per heavy atom. The first-order valence-electron chi connectivity index (χ1n) is 14.6. The molecule has 2 N–H and O–H groups in total. The van der Waals surface area contributed by atoms with E-state index >= 15 is 0 Å². The van der Waals surface area contributed by atoms with E-state index in [1.807, 2.05) is 13.8 Å². The lowest BCUT2D eigenvalue weighted by molar-refractivity contribution is -0.126. The lowest BCUT2D eigenvalue weighted by Gasteiger charge is -2.22. The van der Waals surface area contributed by atoms with Gasteiger partial charge in [-0.25, -0.2) is 9.59 Å². The first-order valence-corrected chi connectivity index (χ1v) is 14.6. The van der Waals surface area contributed by atoms with Gasteiger partial charge in [0.25, 0.3) is 0 Å². The average molecular weight is 622 g/mol. The lowest BCUT2D eigenvalue weighted by atomic mass is 9.93. The van der Waals surface area contributed by atoms with Crippen molar-refractivity contribution in [3.05, 3.63) is 80.5 Å². The molecule has 0 spiro atoms. The van der Waals surface area contributed by atoms with Crippen LogP contribution < -0.4 is 26.1 Å². The molecule has 2 heterocycles. The largest absolute Gasteiger partial charge is 0.492 e. The molecule has 12 heteroatoms. The Morgan fingerprint density at radius 2 is 1.20 bits per heavy atom.